The highest BCUT2D eigenvalue weighted by atomic mass is 31.2. The number of aliphatic hydroxyl groups excluding tert-OH is 3. The molecule has 0 saturated heterocycles. The van der Waals surface area contributed by atoms with Crippen molar-refractivity contribution in [3.05, 3.63) is 0 Å². The van der Waals surface area contributed by atoms with Crippen LogP contribution in [0.2, 0.25) is 0 Å². The molecule has 1 saturated carbocycles. The molecule has 0 radical (unpaired) electrons. The summed E-state index contributed by atoms with van der Waals surface area (Å²) in [6.07, 6.45) is -7.13. The second kappa shape index (κ2) is 6.75. The molecule has 0 bridgehead atoms. The van der Waals surface area contributed by atoms with Crippen molar-refractivity contribution in [3.8, 4) is 0 Å². The van der Waals surface area contributed by atoms with Crippen molar-refractivity contribution in [1.29, 1.82) is 0 Å². The van der Waals surface area contributed by atoms with Gasteiger partial charge in [0.1, 0.15) is 36.5 Å². The first-order valence-electron chi connectivity index (χ1n) is 5.89. The lowest BCUT2D eigenvalue weighted by Crippen LogP contribution is -2.63. The van der Waals surface area contributed by atoms with Crippen LogP contribution in [0.4, 0.5) is 0 Å². The minimum atomic E-state index is -5.07. The lowest BCUT2D eigenvalue weighted by atomic mass is 9.82. The minimum Gasteiger partial charge on any atom is -0.388 e. The predicted octanol–water partition coefficient (Wildman–Crippen LogP) is -5.16. The molecule has 14 heteroatoms. The number of aliphatic imine (C=N–C) groups is 2. The number of nitrogens with two attached hydrogens (primary N) is 4. The Balaban J connectivity index is 3.25. The Hall–Kier alpha value is -1.47. The quantitative estimate of drug-likeness (QED) is 0.132. The second-order valence-corrected chi connectivity index (χ2v) is 5.81. The molecule has 1 aliphatic carbocycles. The Labute approximate surface area is 124 Å². The Morgan fingerprint density at radius 1 is 0.864 bits per heavy atom. The summed E-state index contributed by atoms with van der Waals surface area (Å²) in [4.78, 5) is 24.8. The van der Waals surface area contributed by atoms with E-state index in [-0.39, 0.29) is 0 Å². The highest BCUT2D eigenvalue weighted by molar-refractivity contribution is 7.46. The molecular formula is C8H19N6O7P. The summed E-state index contributed by atoms with van der Waals surface area (Å²) < 4.78 is 15.3. The molecular weight excluding hydrogens is 323 g/mol. The van der Waals surface area contributed by atoms with Crippen LogP contribution in [0.1, 0.15) is 0 Å². The van der Waals surface area contributed by atoms with Gasteiger partial charge in [-0.2, -0.15) is 0 Å². The molecule has 0 heterocycles. The predicted molar refractivity (Wildman–Crippen MR) is 74.1 cm³/mol. The van der Waals surface area contributed by atoms with Gasteiger partial charge >= 0.3 is 7.82 Å². The summed E-state index contributed by atoms with van der Waals surface area (Å²) in [5, 5.41) is 30.0. The highest BCUT2D eigenvalue weighted by Gasteiger charge is 2.52. The van der Waals surface area contributed by atoms with Crippen LogP contribution < -0.4 is 22.9 Å². The zero-order valence-electron chi connectivity index (χ0n) is 11.2. The topological polar surface area (TPSA) is 256 Å². The molecule has 6 atom stereocenters. The van der Waals surface area contributed by atoms with E-state index in [9.17, 15) is 19.9 Å². The molecule has 1 rings (SSSR count). The lowest BCUT2D eigenvalue weighted by Gasteiger charge is -2.42. The summed E-state index contributed by atoms with van der Waals surface area (Å²) >= 11 is 0. The van der Waals surface area contributed by atoms with Gasteiger partial charge in [0, 0.05) is 0 Å². The van der Waals surface area contributed by atoms with Gasteiger partial charge in [0.25, 0.3) is 0 Å². The van der Waals surface area contributed by atoms with Crippen LogP contribution in [0, 0.1) is 0 Å². The second-order valence-electron chi connectivity index (χ2n) is 4.62. The Morgan fingerprint density at radius 2 is 1.32 bits per heavy atom. The third kappa shape index (κ3) is 4.51. The molecule has 0 unspecified atom stereocenters. The van der Waals surface area contributed by atoms with Crippen molar-refractivity contribution in [2.75, 3.05) is 0 Å². The number of phosphoric acid groups is 1. The number of hydrogen-bond acceptors (Lipinski definition) is 7. The standard InChI is InChI=1S/C8H19N6O7P/c9-7(10)13-1-3(15)2(14-8(11)12)6(5(17)4(1)16)21-22(18,19)20/h1-6,15-17H,(H4,9,10,13)(H4,11,12,14)(H2,18,19,20)/t1-,2+,3-,4+,5-,6-/m0/s1. The zero-order valence-corrected chi connectivity index (χ0v) is 12.1. The van der Waals surface area contributed by atoms with Crippen molar-refractivity contribution in [2.45, 2.75) is 36.5 Å². The van der Waals surface area contributed by atoms with Crippen LogP contribution in [0.3, 0.4) is 0 Å². The lowest BCUT2D eigenvalue weighted by molar-refractivity contribution is -0.132. The van der Waals surface area contributed by atoms with E-state index in [0.29, 0.717) is 0 Å². The smallest absolute Gasteiger partial charge is 0.388 e. The van der Waals surface area contributed by atoms with E-state index in [2.05, 4.69) is 14.5 Å². The van der Waals surface area contributed by atoms with Gasteiger partial charge in [-0.3, -0.25) is 4.52 Å². The first-order chi connectivity index (χ1) is 9.94. The third-order valence-electron chi connectivity index (χ3n) is 2.93. The van der Waals surface area contributed by atoms with Crippen molar-refractivity contribution in [1.82, 2.24) is 0 Å². The molecule has 1 fully saturated rings. The van der Waals surface area contributed by atoms with Gasteiger partial charge < -0.3 is 48.0 Å². The van der Waals surface area contributed by atoms with Crippen molar-refractivity contribution >= 4 is 19.7 Å². The first kappa shape index (κ1) is 18.6. The van der Waals surface area contributed by atoms with Gasteiger partial charge in [0.2, 0.25) is 0 Å². The maximum absolute atomic E-state index is 11.0. The average Bonchev–Trinajstić information content (AvgIpc) is 2.34. The van der Waals surface area contributed by atoms with Crippen LogP contribution in [0.5, 0.6) is 0 Å². The molecule has 22 heavy (non-hydrogen) atoms. The fraction of sp³-hybridized carbons (Fsp3) is 0.750. The van der Waals surface area contributed by atoms with E-state index < -0.39 is 56.2 Å². The minimum absolute atomic E-state index is 0.492. The van der Waals surface area contributed by atoms with Gasteiger partial charge in [-0.1, -0.05) is 0 Å². The van der Waals surface area contributed by atoms with Crippen LogP contribution in [0.15, 0.2) is 9.98 Å². The fourth-order valence-corrected chi connectivity index (χ4v) is 2.69. The van der Waals surface area contributed by atoms with E-state index in [4.69, 9.17) is 32.7 Å². The Kier molecular flexibility index (Phi) is 5.70. The molecule has 1 aliphatic rings. The van der Waals surface area contributed by atoms with Gasteiger partial charge in [-0.25, -0.2) is 14.5 Å². The largest absolute Gasteiger partial charge is 0.470 e. The van der Waals surface area contributed by atoms with Gasteiger partial charge in [-0.05, 0) is 0 Å². The van der Waals surface area contributed by atoms with Gasteiger partial charge in [-0.15, -0.1) is 0 Å². The Bertz CT molecular complexity index is 501. The van der Waals surface area contributed by atoms with Crippen molar-refractivity contribution < 1.29 is 34.2 Å². The summed E-state index contributed by atoms with van der Waals surface area (Å²) in [6.45, 7) is 0. The van der Waals surface area contributed by atoms with Gasteiger partial charge in [0.15, 0.2) is 11.9 Å². The maximum Gasteiger partial charge on any atom is 0.470 e. The molecule has 0 aliphatic heterocycles. The van der Waals surface area contributed by atoms with Gasteiger partial charge in [0.05, 0.1) is 0 Å². The number of phosphoric ester groups is 1. The number of aliphatic hydroxyl groups is 3. The summed E-state index contributed by atoms with van der Waals surface area (Å²) in [5.41, 5.74) is 20.7. The van der Waals surface area contributed by atoms with Crippen LogP contribution in [-0.4, -0.2) is 73.5 Å². The molecule has 128 valence electrons. The summed E-state index contributed by atoms with van der Waals surface area (Å²) in [6, 6.07) is -2.95. The summed E-state index contributed by atoms with van der Waals surface area (Å²) in [7, 11) is -5.07. The maximum atomic E-state index is 11.0. The monoisotopic (exact) mass is 342 g/mol. The summed E-state index contributed by atoms with van der Waals surface area (Å²) in [5.74, 6) is -1.04. The van der Waals surface area contributed by atoms with Crippen LogP contribution in [0.25, 0.3) is 0 Å². The van der Waals surface area contributed by atoms with E-state index in [0.717, 1.165) is 0 Å². The number of guanidine groups is 2. The van der Waals surface area contributed by atoms with Crippen molar-refractivity contribution in [2.24, 2.45) is 32.9 Å². The van der Waals surface area contributed by atoms with E-state index in [1.165, 1.54) is 0 Å². The molecule has 0 amide bonds. The third-order valence-corrected chi connectivity index (χ3v) is 3.45. The zero-order chi connectivity index (χ0) is 17.2. The molecule has 0 spiro atoms. The van der Waals surface area contributed by atoms with E-state index >= 15 is 0 Å². The Morgan fingerprint density at radius 3 is 1.73 bits per heavy atom. The van der Waals surface area contributed by atoms with Crippen LogP contribution >= 0.6 is 7.82 Å². The number of rotatable bonds is 4. The number of hydrogen-bond donors (Lipinski definition) is 9. The average molecular weight is 342 g/mol. The molecule has 13 nitrogen and oxygen atoms in total. The number of nitrogens with zero attached hydrogens (tertiary/aromatic N) is 2. The fourth-order valence-electron chi connectivity index (χ4n) is 2.13. The first-order valence-corrected chi connectivity index (χ1v) is 7.42. The SMILES string of the molecule is NC(N)=N[C@@H]1[C@@H](O)[C@H](O)[C@@H](OP(=O)(O)O)[C@H](N=C(N)N)[C@H]1O. The van der Waals surface area contributed by atoms with Crippen LogP contribution in [-0.2, 0) is 9.09 Å². The van der Waals surface area contributed by atoms with E-state index in [1.807, 2.05) is 0 Å². The molecule has 0 aromatic rings. The molecule has 13 N–H and O–H groups in total. The normalized spacial score (nSPS) is 35.7. The molecule has 0 aromatic heterocycles. The van der Waals surface area contributed by atoms with E-state index in [1.54, 1.807) is 0 Å². The van der Waals surface area contributed by atoms with Crippen molar-refractivity contribution in [3.63, 3.8) is 0 Å². The molecule has 0 aromatic carbocycles. The highest BCUT2D eigenvalue weighted by Crippen LogP contribution is 2.42.